The SMILES string of the molecule is C#CC(COC)NS(=O)(=O)c1cc(C)ccc1Br. The van der Waals surface area contributed by atoms with Gasteiger partial charge in [-0.3, -0.25) is 0 Å². The molecule has 1 aromatic rings. The standard InChI is InChI=1S/C12H14BrNO3S/c1-4-10(8-17-3)14-18(15,16)12-7-9(2)5-6-11(12)13/h1,5-7,10,14H,8H2,2-3H3. The van der Waals surface area contributed by atoms with Crippen LogP contribution in [-0.4, -0.2) is 28.2 Å². The molecule has 6 heteroatoms. The molecule has 0 radical (unpaired) electrons. The molecule has 1 rings (SSSR count). The molecule has 0 heterocycles. The Balaban J connectivity index is 3.07. The Bertz CT molecular complexity index is 563. The Morgan fingerprint density at radius 3 is 2.78 bits per heavy atom. The first kappa shape index (κ1) is 15.2. The highest BCUT2D eigenvalue weighted by Crippen LogP contribution is 2.23. The van der Waals surface area contributed by atoms with Crippen molar-refractivity contribution in [3.8, 4) is 12.3 Å². The number of aryl methyl sites for hydroxylation is 1. The summed E-state index contributed by atoms with van der Waals surface area (Å²) in [6.07, 6.45) is 5.24. The van der Waals surface area contributed by atoms with Gasteiger partial charge in [-0.05, 0) is 40.5 Å². The Labute approximate surface area is 116 Å². The van der Waals surface area contributed by atoms with Crippen molar-refractivity contribution in [2.45, 2.75) is 17.9 Å². The molecule has 1 aromatic carbocycles. The van der Waals surface area contributed by atoms with Crippen molar-refractivity contribution in [3.05, 3.63) is 28.2 Å². The molecule has 0 amide bonds. The third-order valence-corrected chi connectivity index (χ3v) is 4.67. The number of hydrogen-bond acceptors (Lipinski definition) is 3. The normalized spacial score (nSPS) is 13.0. The van der Waals surface area contributed by atoms with E-state index in [0.29, 0.717) is 4.47 Å². The van der Waals surface area contributed by atoms with E-state index in [2.05, 4.69) is 26.6 Å². The first-order chi connectivity index (χ1) is 8.40. The molecule has 1 unspecified atom stereocenters. The van der Waals surface area contributed by atoms with Gasteiger partial charge in [0.05, 0.1) is 11.5 Å². The van der Waals surface area contributed by atoms with Crippen LogP contribution in [0.5, 0.6) is 0 Å². The van der Waals surface area contributed by atoms with Crippen molar-refractivity contribution < 1.29 is 13.2 Å². The zero-order valence-corrected chi connectivity index (χ0v) is 12.5. The van der Waals surface area contributed by atoms with Crippen LogP contribution >= 0.6 is 15.9 Å². The Kier molecular flexibility index (Phi) is 5.35. The van der Waals surface area contributed by atoms with Crippen molar-refractivity contribution in [1.82, 2.24) is 4.72 Å². The lowest BCUT2D eigenvalue weighted by Gasteiger charge is -2.14. The van der Waals surface area contributed by atoms with Crippen molar-refractivity contribution in [1.29, 1.82) is 0 Å². The van der Waals surface area contributed by atoms with Gasteiger partial charge >= 0.3 is 0 Å². The van der Waals surface area contributed by atoms with Gasteiger partial charge in [0, 0.05) is 11.6 Å². The average molecular weight is 332 g/mol. The van der Waals surface area contributed by atoms with Crippen LogP contribution in [0.15, 0.2) is 27.6 Å². The first-order valence-corrected chi connectivity index (χ1v) is 7.42. The fourth-order valence-electron chi connectivity index (χ4n) is 1.35. The highest BCUT2D eigenvalue weighted by molar-refractivity contribution is 9.10. The summed E-state index contributed by atoms with van der Waals surface area (Å²) in [5, 5.41) is 0. The lowest BCUT2D eigenvalue weighted by Crippen LogP contribution is -2.37. The Hall–Kier alpha value is -0.870. The maximum absolute atomic E-state index is 12.2. The van der Waals surface area contributed by atoms with E-state index in [9.17, 15) is 8.42 Å². The number of sulfonamides is 1. The molecular weight excluding hydrogens is 318 g/mol. The molecule has 98 valence electrons. The van der Waals surface area contributed by atoms with Crippen molar-refractivity contribution >= 4 is 26.0 Å². The van der Waals surface area contributed by atoms with Crippen LogP contribution in [0, 0.1) is 19.3 Å². The largest absolute Gasteiger partial charge is 0.382 e. The van der Waals surface area contributed by atoms with Gasteiger partial charge in [0.1, 0.15) is 6.04 Å². The summed E-state index contributed by atoms with van der Waals surface area (Å²) < 4.78 is 32.1. The molecule has 4 nitrogen and oxygen atoms in total. The molecule has 0 spiro atoms. The third-order valence-electron chi connectivity index (χ3n) is 2.21. The van der Waals surface area contributed by atoms with E-state index in [1.807, 2.05) is 13.0 Å². The van der Waals surface area contributed by atoms with Crippen LogP contribution < -0.4 is 4.72 Å². The van der Waals surface area contributed by atoms with Gasteiger partial charge in [0.25, 0.3) is 0 Å². The molecule has 1 N–H and O–H groups in total. The van der Waals surface area contributed by atoms with E-state index >= 15 is 0 Å². The zero-order chi connectivity index (χ0) is 13.8. The molecular formula is C12H14BrNO3S. The maximum atomic E-state index is 12.2. The summed E-state index contributed by atoms with van der Waals surface area (Å²) in [4.78, 5) is 0.166. The number of halogens is 1. The highest BCUT2D eigenvalue weighted by Gasteiger charge is 2.21. The maximum Gasteiger partial charge on any atom is 0.242 e. The Morgan fingerprint density at radius 2 is 2.22 bits per heavy atom. The van der Waals surface area contributed by atoms with E-state index in [1.165, 1.54) is 7.11 Å². The lowest BCUT2D eigenvalue weighted by molar-refractivity contribution is 0.190. The smallest absolute Gasteiger partial charge is 0.242 e. The van der Waals surface area contributed by atoms with Crippen LogP contribution in [0.1, 0.15) is 5.56 Å². The predicted octanol–water partition coefficient (Wildman–Crippen LogP) is 1.68. The number of benzene rings is 1. The number of terminal acetylenes is 1. The fraction of sp³-hybridized carbons (Fsp3) is 0.333. The van der Waals surface area contributed by atoms with Gasteiger partial charge in [0.15, 0.2) is 0 Å². The lowest BCUT2D eigenvalue weighted by atomic mass is 10.2. The first-order valence-electron chi connectivity index (χ1n) is 5.14. The summed E-state index contributed by atoms with van der Waals surface area (Å²) >= 11 is 3.22. The minimum atomic E-state index is -3.67. The molecule has 0 aliphatic carbocycles. The number of methoxy groups -OCH3 is 1. The predicted molar refractivity (Wildman–Crippen MR) is 73.7 cm³/mol. The van der Waals surface area contributed by atoms with E-state index < -0.39 is 16.1 Å². The van der Waals surface area contributed by atoms with E-state index in [1.54, 1.807) is 12.1 Å². The monoisotopic (exact) mass is 331 g/mol. The second kappa shape index (κ2) is 6.34. The van der Waals surface area contributed by atoms with Crippen LogP contribution in [0.4, 0.5) is 0 Å². The molecule has 0 fully saturated rings. The van der Waals surface area contributed by atoms with Gasteiger partial charge in [-0.25, -0.2) is 8.42 Å². The van der Waals surface area contributed by atoms with E-state index in [0.717, 1.165) is 5.56 Å². The minimum absolute atomic E-state index is 0.124. The quantitative estimate of drug-likeness (QED) is 0.835. The van der Waals surface area contributed by atoms with Gasteiger partial charge in [-0.1, -0.05) is 12.0 Å². The summed E-state index contributed by atoms with van der Waals surface area (Å²) in [5.41, 5.74) is 0.850. The second-order valence-corrected chi connectivity index (χ2v) is 6.27. The number of rotatable bonds is 5. The number of nitrogens with one attached hydrogen (secondary N) is 1. The molecule has 18 heavy (non-hydrogen) atoms. The van der Waals surface area contributed by atoms with Gasteiger partial charge in [-0.15, -0.1) is 6.42 Å². The van der Waals surface area contributed by atoms with Gasteiger partial charge in [0.2, 0.25) is 10.0 Å². The summed E-state index contributed by atoms with van der Waals surface area (Å²) in [6.45, 7) is 1.94. The summed E-state index contributed by atoms with van der Waals surface area (Å²) in [7, 11) is -2.21. The molecule has 1 atom stereocenters. The molecule has 0 saturated heterocycles. The highest BCUT2D eigenvalue weighted by atomic mass is 79.9. The van der Waals surface area contributed by atoms with E-state index in [-0.39, 0.29) is 11.5 Å². The summed E-state index contributed by atoms with van der Waals surface area (Å²) in [5.74, 6) is 2.33. The molecule has 0 aromatic heterocycles. The third kappa shape index (κ3) is 3.82. The van der Waals surface area contributed by atoms with E-state index in [4.69, 9.17) is 11.2 Å². The molecule has 0 bridgehead atoms. The Morgan fingerprint density at radius 1 is 1.56 bits per heavy atom. The minimum Gasteiger partial charge on any atom is -0.382 e. The van der Waals surface area contributed by atoms with Crippen LogP contribution in [0.25, 0.3) is 0 Å². The summed E-state index contributed by atoms with van der Waals surface area (Å²) in [6, 6.07) is 4.39. The van der Waals surface area contributed by atoms with Crippen LogP contribution in [0.3, 0.4) is 0 Å². The second-order valence-electron chi connectivity index (χ2n) is 3.73. The van der Waals surface area contributed by atoms with Crippen molar-refractivity contribution in [3.63, 3.8) is 0 Å². The fourth-order valence-corrected chi connectivity index (χ4v) is 3.54. The van der Waals surface area contributed by atoms with Crippen LogP contribution in [0.2, 0.25) is 0 Å². The zero-order valence-electron chi connectivity index (χ0n) is 10.1. The molecule has 0 aliphatic heterocycles. The van der Waals surface area contributed by atoms with Crippen molar-refractivity contribution in [2.24, 2.45) is 0 Å². The van der Waals surface area contributed by atoms with Crippen molar-refractivity contribution in [2.75, 3.05) is 13.7 Å². The number of hydrogen-bond donors (Lipinski definition) is 1. The molecule has 0 aliphatic rings. The van der Waals surface area contributed by atoms with Gasteiger partial charge < -0.3 is 4.74 Å². The number of ether oxygens (including phenoxy) is 1. The topological polar surface area (TPSA) is 55.4 Å². The van der Waals surface area contributed by atoms with Gasteiger partial charge in [-0.2, -0.15) is 4.72 Å². The van der Waals surface area contributed by atoms with Crippen LogP contribution in [-0.2, 0) is 14.8 Å². The average Bonchev–Trinajstić information content (AvgIpc) is 2.31. The molecule has 0 saturated carbocycles.